The summed E-state index contributed by atoms with van der Waals surface area (Å²) in [5.74, 6) is 0. The molecule has 0 bridgehead atoms. The van der Waals surface area contributed by atoms with E-state index in [0.29, 0.717) is 0 Å². The van der Waals surface area contributed by atoms with Crippen molar-refractivity contribution in [3.05, 3.63) is 187 Å². The average Bonchev–Trinajstić information content (AvgIpc) is 3.79. The van der Waals surface area contributed by atoms with Gasteiger partial charge in [-0.05, 0) is 76.2 Å². The summed E-state index contributed by atoms with van der Waals surface area (Å²) in [7, 11) is 0. The number of fused-ring (bicyclic) bond motifs is 7. The molecule has 3 heterocycles. The summed E-state index contributed by atoms with van der Waals surface area (Å²) < 4.78 is 9.34. The summed E-state index contributed by atoms with van der Waals surface area (Å²) in [6, 6.07) is 62.9. The Hall–Kier alpha value is -6.97. The summed E-state index contributed by atoms with van der Waals surface area (Å²) in [6.45, 7) is 0. The van der Waals surface area contributed by atoms with Crippen molar-refractivity contribution in [2.24, 2.45) is 0 Å². The summed E-state index contributed by atoms with van der Waals surface area (Å²) in [5.41, 5.74) is 14.5. The molecule has 1 aliphatic rings. The van der Waals surface area contributed by atoms with Crippen molar-refractivity contribution in [2.45, 2.75) is 12.5 Å². The van der Waals surface area contributed by atoms with Gasteiger partial charge in [-0.1, -0.05) is 152 Å². The minimum absolute atomic E-state index is 0.0602. The SMILES string of the molecule is C1=c2oc3cccc(-c4cc(-c5ccccc5)nc5ccccc45)c3c2=CCC1n1c2cc(-c3ccccc3)ccc2c2ccc(-c3ccccc3)cc21. The monoisotopic (exact) mass is 690 g/mol. The van der Waals surface area contributed by atoms with Crippen LogP contribution < -0.4 is 10.6 Å². The van der Waals surface area contributed by atoms with E-state index in [-0.39, 0.29) is 6.04 Å². The lowest BCUT2D eigenvalue weighted by Gasteiger charge is -2.19. The molecule has 10 aromatic rings. The van der Waals surface area contributed by atoms with E-state index < -0.39 is 0 Å². The number of nitrogens with zero attached hydrogens (tertiary/aromatic N) is 2. The van der Waals surface area contributed by atoms with Crippen LogP contribution in [0.5, 0.6) is 0 Å². The van der Waals surface area contributed by atoms with Crippen molar-refractivity contribution in [2.75, 3.05) is 0 Å². The number of hydrogen-bond donors (Lipinski definition) is 0. The maximum Gasteiger partial charge on any atom is 0.136 e. The number of para-hydroxylation sites is 1. The third-order valence-electron chi connectivity index (χ3n) is 11.1. The van der Waals surface area contributed by atoms with E-state index in [1.807, 2.05) is 6.07 Å². The largest absolute Gasteiger partial charge is 0.456 e. The minimum Gasteiger partial charge on any atom is -0.456 e. The predicted molar refractivity (Wildman–Crippen MR) is 225 cm³/mol. The zero-order chi connectivity index (χ0) is 35.6. The van der Waals surface area contributed by atoms with Gasteiger partial charge in [-0.2, -0.15) is 0 Å². The highest BCUT2D eigenvalue weighted by atomic mass is 16.3. The molecule has 0 saturated heterocycles. The van der Waals surface area contributed by atoms with Gasteiger partial charge in [0.1, 0.15) is 11.0 Å². The molecule has 3 nitrogen and oxygen atoms in total. The van der Waals surface area contributed by atoms with Crippen molar-refractivity contribution >= 4 is 55.8 Å². The lowest BCUT2D eigenvalue weighted by atomic mass is 9.94. The molecule has 0 amide bonds. The van der Waals surface area contributed by atoms with Crippen molar-refractivity contribution in [1.29, 1.82) is 0 Å². The fourth-order valence-electron chi connectivity index (χ4n) is 8.58. The number of pyridine rings is 1. The third-order valence-corrected chi connectivity index (χ3v) is 11.1. The Morgan fingerprint density at radius 3 is 1.78 bits per heavy atom. The molecule has 3 aromatic heterocycles. The summed E-state index contributed by atoms with van der Waals surface area (Å²) in [6.07, 6.45) is 5.59. The van der Waals surface area contributed by atoms with E-state index in [4.69, 9.17) is 9.40 Å². The Bertz CT molecular complexity index is 3080. The number of benzene rings is 7. The van der Waals surface area contributed by atoms with Crippen molar-refractivity contribution in [3.63, 3.8) is 0 Å². The van der Waals surface area contributed by atoms with Crippen LogP contribution in [0.4, 0.5) is 0 Å². The molecule has 1 aliphatic carbocycles. The van der Waals surface area contributed by atoms with Gasteiger partial charge in [0, 0.05) is 32.3 Å². The van der Waals surface area contributed by atoms with E-state index in [1.165, 1.54) is 44.1 Å². The number of furan rings is 1. The van der Waals surface area contributed by atoms with Gasteiger partial charge in [0.15, 0.2) is 0 Å². The van der Waals surface area contributed by atoms with Crippen LogP contribution >= 0.6 is 0 Å². The van der Waals surface area contributed by atoms with Gasteiger partial charge >= 0.3 is 0 Å². The summed E-state index contributed by atoms with van der Waals surface area (Å²) in [4.78, 5) is 5.09. The Morgan fingerprint density at radius 1 is 0.500 bits per heavy atom. The van der Waals surface area contributed by atoms with E-state index in [1.54, 1.807) is 0 Å². The first-order valence-corrected chi connectivity index (χ1v) is 18.6. The fourth-order valence-corrected chi connectivity index (χ4v) is 8.58. The van der Waals surface area contributed by atoms with Crippen LogP contribution in [0.1, 0.15) is 12.5 Å². The van der Waals surface area contributed by atoms with Gasteiger partial charge in [0.05, 0.1) is 28.3 Å². The molecule has 3 heteroatoms. The molecular weight excluding hydrogens is 657 g/mol. The first kappa shape index (κ1) is 30.6. The molecule has 0 fully saturated rings. The van der Waals surface area contributed by atoms with Gasteiger partial charge in [0.2, 0.25) is 0 Å². The molecule has 0 aliphatic heterocycles. The molecule has 0 saturated carbocycles. The molecule has 11 rings (SSSR count). The van der Waals surface area contributed by atoms with Crippen molar-refractivity contribution in [1.82, 2.24) is 9.55 Å². The first-order valence-electron chi connectivity index (χ1n) is 18.6. The highest BCUT2D eigenvalue weighted by Gasteiger charge is 2.22. The minimum atomic E-state index is 0.0602. The van der Waals surface area contributed by atoms with Crippen LogP contribution in [0.15, 0.2) is 180 Å². The summed E-state index contributed by atoms with van der Waals surface area (Å²) in [5, 5.41) is 5.96. The van der Waals surface area contributed by atoms with Gasteiger partial charge in [-0.3, -0.25) is 0 Å². The first-order chi connectivity index (χ1) is 26.8. The molecule has 7 aromatic carbocycles. The predicted octanol–water partition coefficient (Wildman–Crippen LogP) is 12.0. The normalized spacial score (nSPS) is 14.0. The molecule has 1 atom stereocenters. The van der Waals surface area contributed by atoms with Crippen LogP contribution in [0, 0.1) is 0 Å². The van der Waals surface area contributed by atoms with Crippen molar-refractivity contribution < 1.29 is 4.42 Å². The van der Waals surface area contributed by atoms with Crippen LogP contribution in [-0.2, 0) is 0 Å². The quantitative estimate of drug-likeness (QED) is 0.180. The van der Waals surface area contributed by atoms with E-state index in [0.717, 1.165) is 61.3 Å². The molecule has 1 unspecified atom stereocenters. The molecule has 254 valence electrons. The van der Waals surface area contributed by atoms with Crippen molar-refractivity contribution in [3.8, 4) is 44.6 Å². The Labute approximate surface area is 312 Å². The maximum absolute atomic E-state index is 6.80. The van der Waals surface area contributed by atoms with Gasteiger partial charge in [-0.15, -0.1) is 0 Å². The topological polar surface area (TPSA) is 31.0 Å². The zero-order valence-electron chi connectivity index (χ0n) is 29.5. The number of hydrogen-bond acceptors (Lipinski definition) is 2. The molecule has 54 heavy (non-hydrogen) atoms. The second-order valence-corrected chi connectivity index (χ2v) is 14.2. The van der Waals surface area contributed by atoms with Gasteiger partial charge < -0.3 is 8.98 Å². The summed E-state index contributed by atoms with van der Waals surface area (Å²) >= 11 is 0. The van der Waals surface area contributed by atoms with Crippen LogP contribution in [0.3, 0.4) is 0 Å². The van der Waals surface area contributed by atoms with Gasteiger partial charge in [0.25, 0.3) is 0 Å². The molecule has 0 spiro atoms. The average molecular weight is 691 g/mol. The lowest BCUT2D eigenvalue weighted by Crippen LogP contribution is -2.27. The highest BCUT2D eigenvalue weighted by molar-refractivity contribution is 6.10. The second-order valence-electron chi connectivity index (χ2n) is 14.2. The van der Waals surface area contributed by atoms with E-state index in [9.17, 15) is 0 Å². The van der Waals surface area contributed by atoms with E-state index in [2.05, 4.69) is 187 Å². The standard InChI is InChI=1S/C51H34N2O/c1-4-13-33(14-5-1)36-23-26-40-41-27-24-37(34-15-6-2-7-16-34)30-48(41)53(47(40)29-36)38-25-28-43-50(31-38)54-49-22-12-20-42(51(43)49)44-32-46(35-17-8-3-9-18-35)52-45-21-11-10-19-39(44)45/h1-24,26-32,38H,25H2. The van der Waals surface area contributed by atoms with E-state index >= 15 is 0 Å². The highest BCUT2D eigenvalue weighted by Crippen LogP contribution is 2.39. The Balaban J connectivity index is 1.12. The second kappa shape index (κ2) is 12.3. The molecule has 0 radical (unpaired) electrons. The third kappa shape index (κ3) is 4.93. The van der Waals surface area contributed by atoms with Crippen LogP contribution in [-0.4, -0.2) is 9.55 Å². The number of rotatable bonds is 5. The van der Waals surface area contributed by atoms with Crippen LogP contribution in [0.2, 0.25) is 0 Å². The lowest BCUT2D eigenvalue weighted by molar-refractivity contribution is 0.560. The smallest absolute Gasteiger partial charge is 0.136 e. The molecule has 0 N–H and O–H groups in total. The Morgan fingerprint density at radius 2 is 1.11 bits per heavy atom. The Kier molecular flexibility index (Phi) is 6.99. The zero-order valence-corrected chi connectivity index (χ0v) is 29.5. The maximum atomic E-state index is 6.80. The fraction of sp³-hybridized carbons (Fsp3) is 0.0392. The van der Waals surface area contributed by atoms with Crippen LogP contribution in [0.25, 0.3) is 100 Å². The van der Waals surface area contributed by atoms with Gasteiger partial charge in [-0.25, -0.2) is 4.98 Å². The molecular formula is C51H34N2O. The number of aromatic nitrogens is 2.